The van der Waals surface area contributed by atoms with Gasteiger partial charge in [-0.15, -0.1) is 0 Å². The molecule has 2 aromatic rings. The van der Waals surface area contributed by atoms with Crippen molar-refractivity contribution in [2.24, 2.45) is 5.92 Å². The molecule has 0 amide bonds. The number of carbonyl (C=O) groups is 1. The van der Waals surface area contributed by atoms with Crippen molar-refractivity contribution in [3.63, 3.8) is 0 Å². The molecule has 1 aliphatic heterocycles. The smallest absolute Gasteiger partial charge is 0.303 e. The zero-order valence-electron chi connectivity index (χ0n) is 17.4. The second kappa shape index (κ2) is 9.58. The molecule has 1 heterocycles. The van der Waals surface area contributed by atoms with Crippen LogP contribution in [0.5, 0.6) is 0 Å². The highest BCUT2D eigenvalue weighted by Gasteiger charge is 2.21. The van der Waals surface area contributed by atoms with Crippen molar-refractivity contribution >= 4 is 5.97 Å². The maximum absolute atomic E-state index is 11.0. The summed E-state index contributed by atoms with van der Waals surface area (Å²) in [5, 5.41) is 9.08. The van der Waals surface area contributed by atoms with Crippen LogP contribution < -0.4 is 0 Å². The van der Waals surface area contributed by atoms with E-state index in [0.29, 0.717) is 12.3 Å². The van der Waals surface area contributed by atoms with Gasteiger partial charge >= 0.3 is 5.97 Å². The predicted octanol–water partition coefficient (Wildman–Crippen LogP) is 4.69. The Labute approximate surface area is 174 Å². The molecule has 5 aliphatic rings. The second-order valence-electron chi connectivity index (χ2n) is 8.93. The van der Waals surface area contributed by atoms with Crippen LogP contribution in [0.15, 0.2) is 42.5 Å². The van der Waals surface area contributed by atoms with Gasteiger partial charge < -0.3 is 10.0 Å². The Balaban J connectivity index is 1.37. The molecule has 3 heteroatoms. The highest BCUT2D eigenvalue weighted by atomic mass is 16.4. The first-order chi connectivity index (χ1) is 14.2. The molecule has 0 radical (unpaired) electrons. The summed E-state index contributed by atoms with van der Waals surface area (Å²) in [7, 11) is 0. The molecule has 0 spiro atoms. The molecule has 2 aromatic carbocycles. The first-order valence-electron chi connectivity index (χ1n) is 11.3. The Kier molecular flexibility index (Phi) is 6.66. The number of hydrogen-bond donors (Lipinski definition) is 1. The van der Waals surface area contributed by atoms with E-state index in [-0.39, 0.29) is 0 Å². The fourth-order valence-electron chi connectivity index (χ4n) is 5.01. The molecule has 1 fully saturated rings. The summed E-state index contributed by atoms with van der Waals surface area (Å²) >= 11 is 0. The lowest BCUT2D eigenvalue weighted by molar-refractivity contribution is -0.138. The lowest BCUT2D eigenvalue weighted by atomic mass is 9.91. The molecule has 0 saturated carbocycles. The van der Waals surface area contributed by atoms with E-state index in [1.807, 2.05) is 0 Å². The summed E-state index contributed by atoms with van der Waals surface area (Å²) in [5.41, 5.74) is 7.34. The van der Waals surface area contributed by atoms with Crippen molar-refractivity contribution < 1.29 is 9.90 Å². The van der Waals surface area contributed by atoms with Gasteiger partial charge in [-0.05, 0) is 98.2 Å². The van der Waals surface area contributed by atoms with Gasteiger partial charge in [0.25, 0.3) is 0 Å². The van der Waals surface area contributed by atoms with Crippen LogP contribution in [0.1, 0.15) is 53.5 Å². The largest absolute Gasteiger partial charge is 0.481 e. The monoisotopic (exact) mass is 391 g/mol. The number of nitrogens with zero attached hydrogens (tertiary/aromatic N) is 1. The lowest BCUT2D eigenvalue weighted by Crippen LogP contribution is -2.37. The SMILES string of the molecule is O=C(O)CC1CCCN(CCCc2cc3ccc2CCc2ccc(cc2)CC3)C1. The van der Waals surface area contributed by atoms with Crippen molar-refractivity contribution in [2.75, 3.05) is 19.6 Å². The van der Waals surface area contributed by atoms with Crippen LogP contribution in [0.2, 0.25) is 0 Å². The second-order valence-corrected chi connectivity index (χ2v) is 8.93. The number of carboxylic acid groups (broad SMARTS) is 1. The lowest BCUT2D eigenvalue weighted by Gasteiger charge is -2.32. The van der Waals surface area contributed by atoms with E-state index in [2.05, 4.69) is 47.4 Å². The van der Waals surface area contributed by atoms with E-state index in [0.717, 1.165) is 71.0 Å². The van der Waals surface area contributed by atoms with Crippen molar-refractivity contribution in [3.8, 4) is 0 Å². The first kappa shape index (κ1) is 20.2. The van der Waals surface area contributed by atoms with Gasteiger partial charge in [-0.3, -0.25) is 4.79 Å². The van der Waals surface area contributed by atoms with Gasteiger partial charge in [-0.1, -0.05) is 42.5 Å². The standard InChI is InChI=1S/C26H33NO2/c28-26(29)18-23-3-1-15-27(19-23)16-2-4-25-17-22-10-9-20-5-7-21(8-6-20)11-13-24(25)14-12-22/h5-8,12,14,17,23H,1-4,9-11,13,15-16,18-19H2,(H,28,29). The number of aryl methyl sites for hydroxylation is 5. The van der Waals surface area contributed by atoms with E-state index < -0.39 is 5.97 Å². The van der Waals surface area contributed by atoms with Crippen LogP contribution >= 0.6 is 0 Å². The number of piperidine rings is 1. The van der Waals surface area contributed by atoms with Crippen molar-refractivity contribution in [2.45, 2.75) is 57.8 Å². The summed E-state index contributed by atoms with van der Waals surface area (Å²) in [6.45, 7) is 3.16. The van der Waals surface area contributed by atoms with Crippen LogP contribution in [-0.4, -0.2) is 35.6 Å². The topological polar surface area (TPSA) is 40.5 Å². The van der Waals surface area contributed by atoms with Crippen molar-refractivity contribution in [1.29, 1.82) is 0 Å². The van der Waals surface area contributed by atoms with Crippen LogP contribution in [0.3, 0.4) is 0 Å². The molecule has 154 valence electrons. The van der Waals surface area contributed by atoms with Crippen LogP contribution in [0.25, 0.3) is 0 Å². The fraction of sp³-hybridized carbons (Fsp3) is 0.500. The number of carboxylic acids is 1. The molecule has 1 unspecified atom stereocenters. The Morgan fingerprint density at radius 2 is 1.66 bits per heavy atom. The summed E-state index contributed by atoms with van der Waals surface area (Å²) in [5.74, 6) is -0.322. The van der Waals surface area contributed by atoms with Gasteiger partial charge in [-0.2, -0.15) is 0 Å². The number of aliphatic carboxylic acids is 1. The normalized spacial score (nSPS) is 19.7. The van der Waals surface area contributed by atoms with Crippen molar-refractivity contribution in [3.05, 3.63) is 70.3 Å². The Morgan fingerprint density at radius 3 is 2.41 bits per heavy atom. The third kappa shape index (κ3) is 5.70. The molecule has 7 rings (SSSR count). The molecule has 1 atom stereocenters. The zero-order valence-corrected chi connectivity index (χ0v) is 17.4. The summed E-state index contributed by atoms with van der Waals surface area (Å²) < 4.78 is 0. The van der Waals surface area contributed by atoms with E-state index in [4.69, 9.17) is 5.11 Å². The van der Waals surface area contributed by atoms with Crippen LogP contribution in [-0.2, 0) is 36.9 Å². The molecule has 1 N–H and O–H groups in total. The molecule has 3 nitrogen and oxygen atoms in total. The third-order valence-electron chi connectivity index (χ3n) is 6.67. The minimum atomic E-state index is -0.652. The Morgan fingerprint density at radius 1 is 0.966 bits per heavy atom. The first-order valence-corrected chi connectivity index (χ1v) is 11.3. The van der Waals surface area contributed by atoms with Crippen molar-refractivity contribution in [1.82, 2.24) is 4.90 Å². The van der Waals surface area contributed by atoms with Gasteiger partial charge in [0.2, 0.25) is 0 Å². The number of rotatable bonds is 6. The van der Waals surface area contributed by atoms with E-state index in [1.165, 1.54) is 27.8 Å². The molecule has 1 saturated heterocycles. The zero-order chi connectivity index (χ0) is 20.1. The molecule has 4 bridgehead atoms. The number of likely N-dealkylation sites (tertiary alicyclic amines) is 1. The number of benzene rings is 2. The summed E-state index contributed by atoms with van der Waals surface area (Å²) in [4.78, 5) is 13.5. The van der Waals surface area contributed by atoms with Gasteiger partial charge in [-0.25, -0.2) is 0 Å². The van der Waals surface area contributed by atoms with E-state index >= 15 is 0 Å². The minimum absolute atomic E-state index is 0.323. The predicted molar refractivity (Wildman–Crippen MR) is 117 cm³/mol. The van der Waals surface area contributed by atoms with Crippen LogP contribution in [0, 0.1) is 5.92 Å². The molecule has 4 aliphatic carbocycles. The van der Waals surface area contributed by atoms with Gasteiger partial charge in [0.05, 0.1) is 0 Å². The summed E-state index contributed by atoms with van der Waals surface area (Å²) in [6.07, 6.45) is 9.24. The highest BCUT2D eigenvalue weighted by molar-refractivity contribution is 5.67. The maximum Gasteiger partial charge on any atom is 0.303 e. The van der Waals surface area contributed by atoms with Gasteiger partial charge in [0, 0.05) is 13.0 Å². The Hall–Kier alpha value is -2.13. The molecule has 29 heavy (non-hydrogen) atoms. The average Bonchev–Trinajstić information content (AvgIpc) is 2.70. The van der Waals surface area contributed by atoms with E-state index in [9.17, 15) is 4.79 Å². The average molecular weight is 392 g/mol. The molecule has 0 aromatic heterocycles. The van der Waals surface area contributed by atoms with Crippen LogP contribution in [0.4, 0.5) is 0 Å². The maximum atomic E-state index is 11.0. The molecular weight excluding hydrogens is 358 g/mol. The highest BCUT2D eigenvalue weighted by Crippen LogP contribution is 2.22. The quantitative estimate of drug-likeness (QED) is 0.777. The van der Waals surface area contributed by atoms with Gasteiger partial charge in [0.15, 0.2) is 0 Å². The minimum Gasteiger partial charge on any atom is -0.481 e. The van der Waals surface area contributed by atoms with E-state index in [1.54, 1.807) is 0 Å². The Bertz CT molecular complexity index is 827. The fourth-order valence-corrected chi connectivity index (χ4v) is 5.01. The molecular formula is C26H33NO2. The number of hydrogen-bond acceptors (Lipinski definition) is 2. The summed E-state index contributed by atoms with van der Waals surface area (Å²) in [6, 6.07) is 16.3. The third-order valence-corrected chi connectivity index (χ3v) is 6.67. The van der Waals surface area contributed by atoms with Gasteiger partial charge in [0.1, 0.15) is 0 Å².